The largest absolute Gasteiger partial charge is 0.443 e. The molecule has 1 atom stereocenters. The van der Waals surface area contributed by atoms with E-state index in [9.17, 15) is 4.39 Å². The quantitative estimate of drug-likeness (QED) is 0.692. The van der Waals surface area contributed by atoms with Crippen LogP contribution in [-0.2, 0) is 6.42 Å². The predicted molar refractivity (Wildman–Crippen MR) is 44.8 cm³/mol. The average Bonchev–Trinajstić information content (AvgIpc) is 2.04. The molecule has 0 spiro atoms. The Bertz CT molecular complexity index is 250. The van der Waals surface area contributed by atoms with Crippen LogP contribution in [0.15, 0.2) is 18.3 Å². The minimum atomic E-state index is -1.30. The van der Waals surface area contributed by atoms with Gasteiger partial charge in [0.05, 0.1) is 0 Å². The van der Waals surface area contributed by atoms with E-state index in [1.165, 1.54) is 6.92 Å². The average molecular weight is 169 g/mol. The van der Waals surface area contributed by atoms with Crippen molar-refractivity contribution < 1.29 is 9.13 Å². The number of hydrogen-bond donors (Lipinski definition) is 0. The van der Waals surface area contributed by atoms with Gasteiger partial charge in [0, 0.05) is 18.7 Å². The van der Waals surface area contributed by atoms with E-state index in [4.69, 9.17) is 4.74 Å². The molecule has 0 aromatic carbocycles. The Morgan fingerprint density at radius 2 is 2.42 bits per heavy atom. The lowest BCUT2D eigenvalue weighted by atomic mass is 10.2. The number of aromatic nitrogens is 1. The fourth-order valence-corrected chi connectivity index (χ4v) is 0.953. The Hall–Kier alpha value is -1.12. The summed E-state index contributed by atoms with van der Waals surface area (Å²) in [5.74, 6) is 0.398. The summed E-state index contributed by atoms with van der Waals surface area (Å²) in [6.45, 7) is 3.32. The molecule has 1 aromatic rings. The van der Waals surface area contributed by atoms with Crippen molar-refractivity contribution in [3.8, 4) is 5.88 Å². The van der Waals surface area contributed by atoms with Crippen LogP contribution in [0, 0.1) is 0 Å². The first-order valence-corrected chi connectivity index (χ1v) is 3.98. The van der Waals surface area contributed by atoms with Crippen LogP contribution in [0.25, 0.3) is 0 Å². The first-order chi connectivity index (χ1) is 5.74. The Labute approximate surface area is 71.4 Å². The van der Waals surface area contributed by atoms with Crippen LogP contribution in [-0.4, -0.2) is 11.3 Å². The number of aryl methyl sites for hydroxylation is 1. The zero-order valence-electron chi connectivity index (χ0n) is 7.25. The minimum Gasteiger partial charge on any atom is -0.443 e. The lowest BCUT2D eigenvalue weighted by Crippen LogP contribution is -2.07. The maximum atomic E-state index is 12.4. The Morgan fingerprint density at radius 3 is 3.00 bits per heavy atom. The number of rotatable bonds is 3. The van der Waals surface area contributed by atoms with Crippen LogP contribution in [0.1, 0.15) is 19.4 Å². The summed E-state index contributed by atoms with van der Waals surface area (Å²) in [6, 6.07) is 3.69. The van der Waals surface area contributed by atoms with Crippen molar-refractivity contribution >= 4 is 0 Å². The number of alkyl halides is 1. The normalized spacial score (nSPS) is 12.6. The van der Waals surface area contributed by atoms with Gasteiger partial charge in [-0.2, -0.15) is 0 Å². The van der Waals surface area contributed by atoms with E-state index in [1.807, 2.05) is 19.1 Å². The molecule has 0 radical (unpaired) electrons. The molecule has 0 saturated heterocycles. The summed E-state index contributed by atoms with van der Waals surface area (Å²) >= 11 is 0. The Balaban J connectivity index is 2.82. The van der Waals surface area contributed by atoms with Gasteiger partial charge in [0.15, 0.2) is 0 Å². The van der Waals surface area contributed by atoms with Gasteiger partial charge in [-0.15, -0.1) is 0 Å². The molecule has 0 amide bonds. The van der Waals surface area contributed by atoms with Crippen LogP contribution >= 0.6 is 0 Å². The molecular formula is C9H12FNO. The summed E-state index contributed by atoms with van der Waals surface area (Å²) in [5, 5.41) is 0. The van der Waals surface area contributed by atoms with E-state index in [1.54, 1.807) is 6.20 Å². The van der Waals surface area contributed by atoms with Gasteiger partial charge < -0.3 is 4.74 Å². The maximum absolute atomic E-state index is 12.4. The third-order valence-electron chi connectivity index (χ3n) is 1.50. The van der Waals surface area contributed by atoms with Crippen LogP contribution in [0.4, 0.5) is 4.39 Å². The van der Waals surface area contributed by atoms with Crippen molar-refractivity contribution in [2.75, 3.05) is 0 Å². The summed E-state index contributed by atoms with van der Waals surface area (Å²) in [5.41, 5.74) is 0.932. The molecule has 0 N–H and O–H groups in total. The van der Waals surface area contributed by atoms with Gasteiger partial charge in [-0.05, 0) is 12.5 Å². The van der Waals surface area contributed by atoms with E-state index in [-0.39, 0.29) is 0 Å². The van der Waals surface area contributed by atoms with Gasteiger partial charge in [-0.1, -0.05) is 13.0 Å². The highest BCUT2D eigenvalue weighted by Crippen LogP contribution is 2.16. The molecule has 0 aliphatic carbocycles. The standard InChI is InChI=1S/C9H12FNO/c1-3-8-5-4-6-11-9(8)12-7(2)10/h4-7H,3H2,1-2H3. The third kappa shape index (κ3) is 2.19. The van der Waals surface area contributed by atoms with Crippen molar-refractivity contribution in [3.63, 3.8) is 0 Å². The zero-order valence-corrected chi connectivity index (χ0v) is 7.25. The molecule has 66 valence electrons. The molecule has 0 fully saturated rings. The van der Waals surface area contributed by atoms with Crippen molar-refractivity contribution in [2.24, 2.45) is 0 Å². The molecule has 12 heavy (non-hydrogen) atoms. The van der Waals surface area contributed by atoms with E-state index in [0.29, 0.717) is 5.88 Å². The third-order valence-corrected chi connectivity index (χ3v) is 1.50. The van der Waals surface area contributed by atoms with Gasteiger partial charge in [-0.3, -0.25) is 0 Å². The smallest absolute Gasteiger partial charge is 0.237 e. The number of nitrogens with zero attached hydrogens (tertiary/aromatic N) is 1. The number of hydrogen-bond acceptors (Lipinski definition) is 2. The fraction of sp³-hybridized carbons (Fsp3) is 0.444. The van der Waals surface area contributed by atoms with Crippen LogP contribution in [0.3, 0.4) is 0 Å². The van der Waals surface area contributed by atoms with Crippen LogP contribution in [0.5, 0.6) is 5.88 Å². The summed E-state index contributed by atoms with van der Waals surface area (Å²) in [7, 11) is 0. The summed E-state index contributed by atoms with van der Waals surface area (Å²) in [6.07, 6.45) is 1.09. The number of pyridine rings is 1. The molecule has 1 unspecified atom stereocenters. The monoisotopic (exact) mass is 169 g/mol. The second-order valence-electron chi connectivity index (χ2n) is 2.48. The second-order valence-corrected chi connectivity index (χ2v) is 2.48. The molecule has 0 aliphatic rings. The van der Waals surface area contributed by atoms with Gasteiger partial charge in [0.25, 0.3) is 0 Å². The lowest BCUT2D eigenvalue weighted by Gasteiger charge is -2.08. The number of ether oxygens (including phenoxy) is 1. The van der Waals surface area contributed by atoms with E-state index >= 15 is 0 Å². The molecular weight excluding hydrogens is 157 g/mol. The molecule has 1 rings (SSSR count). The van der Waals surface area contributed by atoms with Gasteiger partial charge >= 0.3 is 0 Å². The summed E-state index contributed by atoms with van der Waals surface area (Å²) in [4.78, 5) is 3.93. The van der Waals surface area contributed by atoms with E-state index in [2.05, 4.69) is 4.98 Å². The molecule has 2 nitrogen and oxygen atoms in total. The van der Waals surface area contributed by atoms with E-state index < -0.39 is 6.36 Å². The van der Waals surface area contributed by atoms with E-state index in [0.717, 1.165) is 12.0 Å². The second kappa shape index (κ2) is 4.04. The predicted octanol–water partition coefficient (Wildman–Crippen LogP) is 2.34. The summed E-state index contributed by atoms with van der Waals surface area (Å²) < 4.78 is 17.3. The molecule has 0 saturated carbocycles. The maximum Gasteiger partial charge on any atom is 0.237 e. The highest BCUT2D eigenvalue weighted by atomic mass is 19.1. The van der Waals surface area contributed by atoms with Crippen molar-refractivity contribution in [2.45, 2.75) is 26.6 Å². The zero-order chi connectivity index (χ0) is 8.97. The van der Waals surface area contributed by atoms with Gasteiger partial charge in [0.2, 0.25) is 12.2 Å². The van der Waals surface area contributed by atoms with Gasteiger partial charge in [-0.25, -0.2) is 9.37 Å². The molecule has 1 aromatic heterocycles. The van der Waals surface area contributed by atoms with Gasteiger partial charge in [0.1, 0.15) is 0 Å². The van der Waals surface area contributed by atoms with Crippen LogP contribution in [0.2, 0.25) is 0 Å². The van der Waals surface area contributed by atoms with Crippen molar-refractivity contribution in [3.05, 3.63) is 23.9 Å². The van der Waals surface area contributed by atoms with Crippen LogP contribution < -0.4 is 4.74 Å². The SMILES string of the molecule is CCc1cccnc1OC(C)F. The molecule has 0 aliphatic heterocycles. The highest BCUT2D eigenvalue weighted by molar-refractivity contribution is 5.25. The lowest BCUT2D eigenvalue weighted by molar-refractivity contribution is 0.0798. The molecule has 3 heteroatoms. The van der Waals surface area contributed by atoms with Crippen molar-refractivity contribution in [1.29, 1.82) is 0 Å². The highest BCUT2D eigenvalue weighted by Gasteiger charge is 2.05. The Kier molecular flexibility index (Phi) is 3.02. The van der Waals surface area contributed by atoms with Crippen molar-refractivity contribution in [1.82, 2.24) is 4.98 Å². The molecule has 0 bridgehead atoms. The fourth-order valence-electron chi connectivity index (χ4n) is 0.953. The Morgan fingerprint density at radius 1 is 1.67 bits per heavy atom. The first kappa shape index (κ1) is 8.97. The topological polar surface area (TPSA) is 22.1 Å². The number of halogens is 1. The molecule has 1 heterocycles. The minimum absolute atomic E-state index is 0.398. The first-order valence-electron chi connectivity index (χ1n) is 3.98.